The second-order valence-electron chi connectivity index (χ2n) is 4.66. The van der Waals surface area contributed by atoms with Gasteiger partial charge in [0, 0.05) is 17.9 Å². The fourth-order valence-electron chi connectivity index (χ4n) is 2.11. The average Bonchev–Trinajstić information content (AvgIpc) is 2.49. The zero-order valence-corrected chi connectivity index (χ0v) is 11.5. The maximum Gasteiger partial charge on any atom is 0.0761 e. The number of hydrogen-bond acceptors (Lipinski definition) is 3. The number of rotatable bonds is 5. The third-order valence-corrected chi connectivity index (χ3v) is 3.20. The molecule has 1 atom stereocenters. The second-order valence-corrected chi connectivity index (χ2v) is 4.66. The van der Waals surface area contributed by atoms with Gasteiger partial charge in [-0.25, -0.2) is 0 Å². The molecule has 0 amide bonds. The summed E-state index contributed by atoms with van der Waals surface area (Å²) in [5.74, 6) is 0. The molecule has 20 heavy (non-hydrogen) atoms. The number of hydrogen-bond donors (Lipinski definition) is 1. The van der Waals surface area contributed by atoms with Crippen molar-refractivity contribution in [1.29, 1.82) is 5.26 Å². The van der Waals surface area contributed by atoms with Gasteiger partial charge in [-0.2, -0.15) is 5.26 Å². The molecule has 1 N–H and O–H groups in total. The van der Waals surface area contributed by atoms with E-state index in [2.05, 4.69) is 11.0 Å². The molecule has 0 aliphatic heterocycles. The van der Waals surface area contributed by atoms with E-state index in [1.165, 1.54) is 0 Å². The normalized spacial score (nSPS) is 11.7. The molecule has 2 aromatic rings. The highest BCUT2D eigenvalue weighted by molar-refractivity contribution is 5.63. The number of benzene rings is 2. The third kappa shape index (κ3) is 3.37. The molecule has 0 saturated heterocycles. The molecule has 0 heterocycles. The summed E-state index contributed by atoms with van der Waals surface area (Å²) < 4.78 is 0. The minimum atomic E-state index is -0.465. The first-order valence-electron chi connectivity index (χ1n) is 6.70. The fraction of sp³-hybridized carbons (Fsp3) is 0.235. The van der Waals surface area contributed by atoms with Gasteiger partial charge in [-0.3, -0.25) is 0 Å². The van der Waals surface area contributed by atoms with E-state index in [0.717, 1.165) is 16.9 Å². The molecule has 0 aliphatic carbocycles. The van der Waals surface area contributed by atoms with Crippen LogP contribution in [0.4, 0.5) is 11.4 Å². The Kier molecular flexibility index (Phi) is 4.75. The topological polar surface area (TPSA) is 47.3 Å². The van der Waals surface area contributed by atoms with Gasteiger partial charge in [0.15, 0.2) is 0 Å². The van der Waals surface area contributed by atoms with E-state index in [1.807, 2.05) is 54.6 Å². The van der Waals surface area contributed by atoms with Gasteiger partial charge in [0.2, 0.25) is 0 Å². The van der Waals surface area contributed by atoms with E-state index in [4.69, 9.17) is 5.26 Å². The van der Waals surface area contributed by atoms with Gasteiger partial charge in [0.1, 0.15) is 0 Å². The van der Waals surface area contributed by atoms with Crippen LogP contribution in [0.2, 0.25) is 0 Å². The van der Waals surface area contributed by atoms with E-state index >= 15 is 0 Å². The minimum absolute atomic E-state index is 0.465. The lowest BCUT2D eigenvalue weighted by Crippen LogP contribution is -2.18. The van der Waals surface area contributed by atoms with Crippen molar-refractivity contribution in [3.05, 3.63) is 60.2 Å². The van der Waals surface area contributed by atoms with Gasteiger partial charge in [-0.05, 0) is 36.8 Å². The van der Waals surface area contributed by atoms with Crippen molar-refractivity contribution < 1.29 is 5.11 Å². The fourth-order valence-corrected chi connectivity index (χ4v) is 2.11. The predicted molar refractivity (Wildman–Crippen MR) is 80.8 cm³/mol. The smallest absolute Gasteiger partial charge is 0.0761 e. The summed E-state index contributed by atoms with van der Waals surface area (Å²) in [6, 6.07) is 20.0. The van der Waals surface area contributed by atoms with Gasteiger partial charge in [-0.15, -0.1) is 0 Å². The molecule has 0 radical (unpaired) electrons. The Bertz CT molecular complexity index is 570. The van der Waals surface area contributed by atoms with Crippen LogP contribution in [0.15, 0.2) is 54.6 Å². The molecule has 3 nitrogen and oxygen atoms in total. The average molecular weight is 266 g/mol. The van der Waals surface area contributed by atoms with Gasteiger partial charge in [0.25, 0.3) is 0 Å². The SMILES string of the molecule is C[C@@H](O)c1ccc(N(CCC#N)c2ccccc2)cc1. The van der Waals surface area contributed by atoms with Gasteiger partial charge >= 0.3 is 0 Å². The molecule has 0 unspecified atom stereocenters. The summed E-state index contributed by atoms with van der Waals surface area (Å²) in [6.45, 7) is 2.40. The third-order valence-electron chi connectivity index (χ3n) is 3.20. The lowest BCUT2D eigenvalue weighted by Gasteiger charge is -2.24. The summed E-state index contributed by atoms with van der Waals surface area (Å²) in [4.78, 5) is 2.11. The summed E-state index contributed by atoms with van der Waals surface area (Å²) in [5, 5.41) is 18.4. The number of nitriles is 1. The molecule has 0 fully saturated rings. The number of para-hydroxylation sites is 1. The molecule has 3 heteroatoms. The maximum absolute atomic E-state index is 9.55. The molecule has 0 saturated carbocycles. The van der Waals surface area contributed by atoms with E-state index < -0.39 is 6.10 Å². The first kappa shape index (κ1) is 14.1. The van der Waals surface area contributed by atoms with Crippen LogP contribution in [-0.4, -0.2) is 11.7 Å². The Hall–Kier alpha value is -2.31. The molecule has 0 aliphatic rings. The molecule has 2 rings (SSSR count). The van der Waals surface area contributed by atoms with Gasteiger partial charge < -0.3 is 10.0 Å². The number of aliphatic hydroxyl groups is 1. The van der Waals surface area contributed by atoms with E-state index in [0.29, 0.717) is 13.0 Å². The van der Waals surface area contributed by atoms with Crippen molar-refractivity contribution >= 4 is 11.4 Å². The Morgan fingerprint density at radius 1 is 1.05 bits per heavy atom. The maximum atomic E-state index is 9.55. The molecule has 0 spiro atoms. The zero-order valence-electron chi connectivity index (χ0n) is 11.5. The van der Waals surface area contributed by atoms with Crippen LogP contribution in [-0.2, 0) is 0 Å². The van der Waals surface area contributed by atoms with Crippen molar-refractivity contribution in [2.75, 3.05) is 11.4 Å². The molecule has 0 aromatic heterocycles. The molecule has 2 aromatic carbocycles. The Balaban J connectivity index is 2.29. The van der Waals surface area contributed by atoms with Crippen molar-refractivity contribution in [2.24, 2.45) is 0 Å². The number of anilines is 2. The first-order chi connectivity index (χ1) is 9.72. The quantitative estimate of drug-likeness (QED) is 0.895. The minimum Gasteiger partial charge on any atom is -0.389 e. The Morgan fingerprint density at radius 2 is 1.65 bits per heavy atom. The monoisotopic (exact) mass is 266 g/mol. The molecule has 102 valence electrons. The van der Waals surface area contributed by atoms with Crippen molar-refractivity contribution in [1.82, 2.24) is 0 Å². The standard InChI is InChI=1S/C17H18N2O/c1-14(20)15-8-10-17(11-9-15)19(13-5-12-18)16-6-3-2-4-7-16/h2-4,6-11,14,20H,5,13H2,1H3/t14-/m1/s1. The van der Waals surface area contributed by atoms with E-state index in [1.54, 1.807) is 6.92 Å². The lowest BCUT2D eigenvalue weighted by atomic mass is 10.1. The number of aliphatic hydroxyl groups excluding tert-OH is 1. The van der Waals surface area contributed by atoms with Gasteiger partial charge in [0.05, 0.1) is 18.6 Å². The van der Waals surface area contributed by atoms with Crippen LogP contribution in [0.3, 0.4) is 0 Å². The van der Waals surface area contributed by atoms with E-state index in [-0.39, 0.29) is 0 Å². The highest BCUT2D eigenvalue weighted by Crippen LogP contribution is 2.26. The lowest BCUT2D eigenvalue weighted by molar-refractivity contribution is 0.199. The Labute approximate surface area is 119 Å². The summed E-state index contributed by atoms with van der Waals surface area (Å²) >= 11 is 0. The first-order valence-corrected chi connectivity index (χ1v) is 6.70. The van der Waals surface area contributed by atoms with Crippen molar-refractivity contribution in [2.45, 2.75) is 19.4 Å². The molecular formula is C17H18N2O. The van der Waals surface area contributed by atoms with Crippen LogP contribution in [0, 0.1) is 11.3 Å². The van der Waals surface area contributed by atoms with Crippen LogP contribution < -0.4 is 4.90 Å². The summed E-state index contributed by atoms with van der Waals surface area (Å²) in [5.41, 5.74) is 2.98. The van der Waals surface area contributed by atoms with Gasteiger partial charge in [-0.1, -0.05) is 30.3 Å². The predicted octanol–water partition coefficient (Wildman–Crippen LogP) is 3.79. The van der Waals surface area contributed by atoms with Crippen LogP contribution in [0.1, 0.15) is 25.0 Å². The second kappa shape index (κ2) is 6.74. The van der Waals surface area contributed by atoms with Crippen molar-refractivity contribution in [3.63, 3.8) is 0 Å². The van der Waals surface area contributed by atoms with Crippen LogP contribution >= 0.6 is 0 Å². The highest BCUT2D eigenvalue weighted by atomic mass is 16.3. The molecular weight excluding hydrogens is 248 g/mol. The summed E-state index contributed by atoms with van der Waals surface area (Å²) in [6.07, 6.45) is 0.000820. The van der Waals surface area contributed by atoms with E-state index in [9.17, 15) is 5.11 Å². The molecule has 0 bridgehead atoms. The number of nitrogens with zero attached hydrogens (tertiary/aromatic N) is 2. The highest BCUT2D eigenvalue weighted by Gasteiger charge is 2.09. The zero-order chi connectivity index (χ0) is 14.4. The van der Waals surface area contributed by atoms with Crippen molar-refractivity contribution in [3.8, 4) is 6.07 Å². The van der Waals surface area contributed by atoms with Crippen LogP contribution in [0.5, 0.6) is 0 Å². The Morgan fingerprint density at radius 3 is 2.20 bits per heavy atom. The summed E-state index contributed by atoms with van der Waals surface area (Å²) in [7, 11) is 0. The largest absolute Gasteiger partial charge is 0.389 e. The van der Waals surface area contributed by atoms with Crippen LogP contribution in [0.25, 0.3) is 0 Å².